The zero-order valence-corrected chi connectivity index (χ0v) is 16.9. The van der Waals surface area contributed by atoms with Gasteiger partial charge >= 0.3 is 0 Å². The molecule has 2 aliphatic heterocycles. The van der Waals surface area contributed by atoms with Gasteiger partial charge in [0.05, 0.1) is 11.3 Å². The van der Waals surface area contributed by atoms with E-state index >= 15 is 0 Å². The van der Waals surface area contributed by atoms with E-state index in [0.717, 1.165) is 19.6 Å². The number of carbonyl (C=O) groups is 1. The molecule has 0 bridgehead atoms. The molecule has 2 aliphatic rings. The molecule has 2 atom stereocenters. The fourth-order valence-corrected chi connectivity index (χ4v) is 4.22. The van der Waals surface area contributed by atoms with Gasteiger partial charge in [-0.05, 0) is 38.8 Å². The molecule has 3 rings (SSSR count). The lowest BCUT2D eigenvalue weighted by Crippen LogP contribution is -2.35. The fourth-order valence-electron chi connectivity index (χ4n) is 4.22. The van der Waals surface area contributed by atoms with Gasteiger partial charge in [-0.3, -0.25) is 4.79 Å². The molecule has 1 N–H and O–H groups in total. The van der Waals surface area contributed by atoms with Crippen molar-refractivity contribution in [2.75, 3.05) is 58.3 Å². The first-order valence-corrected chi connectivity index (χ1v) is 10.1. The number of nitrogens with zero attached hydrogens (tertiary/aromatic N) is 5. The maximum atomic E-state index is 13.0. The standard InChI is InChI=1S/C20H33N5O2/c1-15-18(10-21-20(22-15)23(2)3)19(27)25-12-16(17(13-25)14-26)11-24-8-6-4-5-7-9-24/h10,16-17,26H,4-9,11-14H2,1-3H3/t16-,17-/m1/s1. The number of hydrogen-bond donors (Lipinski definition) is 1. The van der Waals surface area contributed by atoms with Crippen LogP contribution in [0.3, 0.4) is 0 Å². The molecule has 0 aromatic carbocycles. The summed E-state index contributed by atoms with van der Waals surface area (Å²) in [5.74, 6) is 1.08. The number of anilines is 1. The first-order valence-electron chi connectivity index (χ1n) is 10.1. The Hall–Kier alpha value is -1.73. The highest BCUT2D eigenvalue weighted by Gasteiger charge is 2.36. The normalized spacial score (nSPS) is 24.1. The number of carbonyl (C=O) groups excluding carboxylic acids is 1. The molecule has 0 saturated carbocycles. The summed E-state index contributed by atoms with van der Waals surface area (Å²) in [6, 6.07) is 0. The third kappa shape index (κ3) is 4.76. The Morgan fingerprint density at radius 2 is 1.85 bits per heavy atom. The van der Waals surface area contributed by atoms with Gasteiger partial charge in [0.25, 0.3) is 5.91 Å². The highest BCUT2D eigenvalue weighted by Crippen LogP contribution is 2.27. The van der Waals surface area contributed by atoms with E-state index in [-0.39, 0.29) is 18.4 Å². The van der Waals surface area contributed by atoms with E-state index in [1.807, 2.05) is 30.8 Å². The first kappa shape index (κ1) is 20.0. The Labute approximate surface area is 162 Å². The molecule has 27 heavy (non-hydrogen) atoms. The van der Waals surface area contributed by atoms with E-state index in [1.165, 1.54) is 25.7 Å². The number of likely N-dealkylation sites (tertiary alicyclic amines) is 2. The van der Waals surface area contributed by atoms with Crippen molar-refractivity contribution >= 4 is 11.9 Å². The van der Waals surface area contributed by atoms with Gasteiger partial charge in [-0.15, -0.1) is 0 Å². The zero-order chi connectivity index (χ0) is 19.4. The van der Waals surface area contributed by atoms with Crippen LogP contribution in [0.2, 0.25) is 0 Å². The minimum atomic E-state index is -0.0189. The molecule has 0 radical (unpaired) electrons. The summed E-state index contributed by atoms with van der Waals surface area (Å²) in [6.45, 7) is 6.57. The third-order valence-corrected chi connectivity index (χ3v) is 5.89. The van der Waals surface area contributed by atoms with E-state index in [2.05, 4.69) is 14.9 Å². The van der Waals surface area contributed by atoms with Crippen molar-refractivity contribution in [1.82, 2.24) is 19.8 Å². The van der Waals surface area contributed by atoms with E-state index in [0.29, 0.717) is 36.2 Å². The summed E-state index contributed by atoms with van der Waals surface area (Å²) in [4.78, 5) is 28.0. The average molecular weight is 376 g/mol. The molecule has 1 aromatic rings. The topological polar surface area (TPSA) is 72.8 Å². The van der Waals surface area contributed by atoms with Crippen molar-refractivity contribution in [3.8, 4) is 0 Å². The van der Waals surface area contributed by atoms with Crippen LogP contribution in [0.1, 0.15) is 41.7 Å². The van der Waals surface area contributed by atoms with Crippen molar-refractivity contribution in [2.45, 2.75) is 32.6 Å². The van der Waals surface area contributed by atoms with Gasteiger partial charge in [0.15, 0.2) is 0 Å². The summed E-state index contributed by atoms with van der Waals surface area (Å²) < 4.78 is 0. The lowest BCUT2D eigenvalue weighted by Gasteiger charge is -2.26. The number of aliphatic hydroxyl groups is 1. The van der Waals surface area contributed by atoms with Crippen LogP contribution in [0.15, 0.2) is 6.20 Å². The summed E-state index contributed by atoms with van der Waals surface area (Å²) in [5.41, 5.74) is 1.27. The maximum Gasteiger partial charge on any atom is 0.257 e. The number of aliphatic hydroxyl groups excluding tert-OH is 1. The number of aryl methyl sites for hydroxylation is 1. The van der Waals surface area contributed by atoms with Crippen LogP contribution in [0.25, 0.3) is 0 Å². The second kappa shape index (κ2) is 8.97. The Morgan fingerprint density at radius 1 is 1.19 bits per heavy atom. The highest BCUT2D eigenvalue weighted by molar-refractivity contribution is 5.95. The molecule has 1 aromatic heterocycles. The molecule has 0 unspecified atom stereocenters. The summed E-state index contributed by atoms with van der Waals surface area (Å²) >= 11 is 0. The van der Waals surface area contributed by atoms with Gasteiger partial charge in [-0.2, -0.15) is 0 Å². The molecule has 3 heterocycles. The molecule has 7 heteroatoms. The molecular weight excluding hydrogens is 342 g/mol. The number of rotatable bonds is 5. The second-order valence-electron chi connectivity index (χ2n) is 8.19. The summed E-state index contributed by atoms with van der Waals surface area (Å²) in [5, 5.41) is 9.86. The second-order valence-corrected chi connectivity index (χ2v) is 8.19. The maximum absolute atomic E-state index is 13.0. The Kier molecular flexibility index (Phi) is 6.65. The predicted octanol–water partition coefficient (Wildman–Crippen LogP) is 1.41. The van der Waals surface area contributed by atoms with Gasteiger partial charge in [0.2, 0.25) is 5.95 Å². The van der Waals surface area contributed by atoms with Gasteiger partial charge in [-0.25, -0.2) is 9.97 Å². The van der Waals surface area contributed by atoms with Crippen LogP contribution in [0.5, 0.6) is 0 Å². The minimum absolute atomic E-state index is 0.0189. The fraction of sp³-hybridized carbons (Fsp3) is 0.750. The van der Waals surface area contributed by atoms with Gasteiger partial charge < -0.3 is 19.8 Å². The molecule has 1 amide bonds. The average Bonchev–Trinajstić information content (AvgIpc) is 2.87. The lowest BCUT2D eigenvalue weighted by molar-refractivity contribution is 0.0777. The van der Waals surface area contributed by atoms with E-state index in [9.17, 15) is 9.90 Å². The van der Waals surface area contributed by atoms with Crippen LogP contribution in [0.4, 0.5) is 5.95 Å². The molecule has 7 nitrogen and oxygen atoms in total. The highest BCUT2D eigenvalue weighted by atomic mass is 16.3. The van der Waals surface area contributed by atoms with E-state index in [4.69, 9.17) is 0 Å². The molecule has 0 spiro atoms. The zero-order valence-electron chi connectivity index (χ0n) is 16.9. The lowest BCUT2D eigenvalue weighted by atomic mass is 9.96. The van der Waals surface area contributed by atoms with Crippen molar-refractivity contribution < 1.29 is 9.90 Å². The van der Waals surface area contributed by atoms with Gasteiger partial charge in [0.1, 0.15) is 0 Å². The molecule has 0 aliphatic carbocycles. The largest absolute Gasteiger partial charge is 0.396 e. The Morgan fingerprint density at radius 3 is 2.44 bits per heavy atom. The molecule has 2 fully saturated rings. The van der Waals surface area contributed by atoms with Crippen LogP contribution in [-0.4, -0.2) is 84.2 Å². The van der Waals surface area contributed by atoms with Crippen LogP contribution in [-0.2, 0) is 0 Å². The summed E-state index contributed by atoms with van der Waals surface area (Å²) in [7, 11) is 3.77. The Balaban J connectivity index is 1.67. The van der Waals surface area contributed by atoms with Crippen molar-refractivity contribution in [3.05, 3.63) is 17.5 Å². The van der Waals surface area contributed by atoms with Crippen molar-refractivity contribution in [1.29, 1.82) is 0 Å². The van der Waals surface area contributed by atoms with Crippen molar-refractivity contribution in [3.63, 3.8) is 0 Å². The van der Waals surface area contributed by atoms with Crippen molar-refractivity contribution in [2.24, 2.45) is 11.8 Å². The van der Waals surface area contributed by atoms with E-state index in [1.54, 1.807) is 6.20 Å². The quantitative estimate of drug-likeness (QED) is 0.839. The predicted molar refractivity (Wildman–Crippen MR) is 106 cm³/mol. The van der Waals surface area contributed by atoms with Gasteiger partial charge in [0, 0.05) is 52.5 Å². The van der Waals surface area contributed by atoms with E-state index < -0.39 is 0 Å². The molecule has 2 saturated heterocycles. The monoisotopic (exact) mass is 375 g/mol. The first-order chi connectivity index (χ1) is 13.0. The summed E-state index contributed by atoms with van der Waals surface area (Å²) in [6.07, 6.45) is 6.78. The minimum Gasteiger partial charge on any atom is -0.396 e. The Bertz CT molecular complexity index is 643. The van der Waals surface area contributed by atoms with Crippen LogP contribution < -0.4 is 4.90 Å². The SMILES string of the molecule is Cc1nc(N(C)C)ncc1C(=O)N1C[C@@H](CN2CCCCCC2)[C@@H](CO)C1. The van der Waals surface area contributed by atoms with Gasteiger partial charge in [-0.1, -0.05) is 12.8 Å². The number of amides is 1. The van der Waals surface area contributed by atoms with Crippen LogP contribution >= 0.6 is 0 Å². The third-order valence-electron chi connectivity index (χ3n) is 5.89. The molecular formula is C20H33N5O2. The smallest absolute Gasteiger partial charge is 0.257 e. The van der Waals surface area contributed by atoms with Crippen LogP contribution in [0, 0.1) is 18.8 Å². The number of aromatic nitrogens is 2. The number of hydrogen-bond acceptors (Lipinski definition) is 6. The molecule has 150 valence electrons.